The predicted molar refractivity (Wildman–Crippen MR) is 76.1 cm³/mol. The second-order valence-corrected chi connectivity index (χ2v) is 5.77. The SMILES string of the molecule is COc1c(N2CCC(O)C2)sc(C(=O)N(C)C)c1N. The second-order valence-electron chi connectivity index (χ2n) is 4.77. The Bertz CT molecular complexity index is 487. The summed E-state index contributed by atoms with van der Waals surface area (Å²) in [6, 6.07) is 0. The van der Waals surface area contributed by atoms with Gasteiger partial charge in [-0.25, -0.2) is 0 Å². The van der Waals surface area contributed by atoms with E-state index in [2.05, 4.69) is 0 Å². The van der Waals surface area contributed by atoms with Gasteiger partial charge in [0.05, 0.1) is 13.2 Å². The minimum absolute atomic E-state index is 0.133. The van der Waals surface area contributed by atoms with Crippen LogP contribution in [0.15, 0.2) is 0 Å². The number of nitrogen functional groups attached to an aromatic ring is 1. The molecule has 6 nitrogen and oxygen atoms in total. The van der Waals surface area contributed by atoms with Crippen LogP contribution in [0.2, 0.25) is 0 Å². The number of ether oxygens (including phenoxy) is 1. The normalized spacial score (nSPS) is 18.7. The minimum atomic E-state index is -0.332. The largest absolute Gasteiger partial charge is 0.492 e. The number of carbonyl (C=O) groups excluding carboxylic acids is 1. The zero-order chi connectivity index (χ0) is 14.2. The molecule has 106 valence electrons. The van der Waals surface area contributed by atoms with Crippen molar-refractivity contribution in [2.24, 2.45) is 0 Å². The van der Waals surface area contributed by atoms with Gasteiger partial charge in [-0.1, -0.05) is 0 Å². The summed E-state index contributed by atoms with van der Waals surface area (Å²) in [6.45, 7) is 1.29. The zero-order valence-electron chi connectivity index (χ0n) is 11.3. The third kappa shape index (κ3) is 2.48. The Morgan fingerprint density at radius 1 is 1.58 bits per heavy atom. The molecule has 1 aliphatic heterocycles. The molecule has 0 aliphatic carbocycles. The molecule has 1 fully saturated rings. The van der Waals surface area contributed by atoms with Gasteiger partial charge in [-0.15, -0.1) is 11.3 Å². The summed E-state index contributed by atoms with van der Waals surface area (Å²) in [5.74, 6) is 0.399. The van der Waals surface area contributed by atoms with E-state index in [0.29, 0.717) is 22.9 Å². The van der Waals surface area contributed by atoms with Crippen molar-refractivity contribution in [3.05, 3.63) is 4.88 Å². The fourth-order valence-corrected chi connectivity index (χ4v) is 3.36. The highest BCUT2D eigenvalue weighted by atomic mass is 32.1. The van der Waals surface area contributed by atoms with Crippen LogP contribution in [0.3, 0.4) is 0 Å². The number of aliphatic hydroxyl groups is 1. The van der Waals surface area contributed by atoms with Gasteiger partial charge in [0.2, 0.25) is 0 Å². The molecule has 1 amide bonds. The highest BCUT2D eigenvalue weighted by molar-refractivity contribution is 7.19. The lowest BCUT2D eigenvalue weighted by atomic mass is 10.3. The van der Waals surface area contributed by atoms with E-state index in [0.717, 1.165) is 18.0 Å². The predicted octanol–water partition coefficient (Wildman–Crippen LogP) is 0.612. The molecule has 0 saturated carbocycles. The molecule has 1 unspecified atom stereocenters. The number of amides is 1. The molecular formula is C12H19N3O3S. The van der Waals surface area contributed by atoms with Gasteiger partial charge >= 0.3 is 0 Å². The van der Waals surface area contributed by atoms with Gasteiger partial charge in [0.1, 0.15) is 15.6 Å². The molecule has 0 bridgehead atoms. The number of rotatable bonds is 3. The lowest BCUT2D eigenvalue weighted by Gasteiger charge is -2.16. The number of methoxy groups -OCH3 is 1. The van der Waals surface area contributed by atoms with Gasteiger partial charge in [-0.2, -0.15) is 0 Å². The van der Waals surface area contributed by atoms with Crippen molar-refractivity contribution in [2.45, 2.75) is 12.5 Å². The molecule has 3 N–H and O–H groups in total. The molecule has 1 atom stereocenters. The van der Waals surface area contributed by atoms with E-state index in [4.69, 9.17) is 10.5 Å². The highest BCUT2D eigenvalue weighted by Crippen LogP contribution is 2.45. The highest BCUT2D eigenvalue weighted by Gasteiger charge is 2.29. The van der Waals surface area contributed by atoms with Crippen molar-refractivity contribution in [1.82, 2.24) is 4.90 Å². The molecule has 1 aromatic rings. The first kappa shape index (κ1) is 14.0. The van der Waals surface area contributed by atoms with E-state index in [1.165, 1.54) is 16.2 Å². The number of nitrogens with two attached hydrogens (primary N) is 1. The number of hydrogen-bond acceptors (Lipinski definition) is 6. The van der Waals surface area contributed by atoms with Crippen LogP contribution in [-0.4, -0.2) is 56.3 Å². The maximum atomic E-state index is 12.1. The summed E-state index contributed by atoms with van der Waals surface area (Å²) in [5, 5.41) is 10.4. The number of anilines is 2. The Morgan fingerprint density at radius 3 is 2.74 bits per heavy atom. The number of β-amino-alcohol motifs (C(OH)–C–C–N with tert-alkyl or cyclic N) is 1. The average molecular weight is 285 g/mol. The summed E-state index contributed by atoms with van der Waals surface area (Å²) in [4.78, 5) is 16.0. The van der Waals surface area contributed by atoms with Crippen molar-refractivity contribution in [2.75, 3.05) is 44.9 Å². The van der Waals surface area contributed by atoms with Gasteiger partial charge in [0, 0.05) is 27.2 Å². The van der Waals surface area contributed by atoms with E-state index < -0.39 is 0 Å². The van der Waals surface area contributed by atoms with Crippen molar-refractivity contribution >= 4 is 27.9 Å². The molecule has 0 radical (unpaired) electrons. The van der Waals surface area contributed by atoms with Gasteiger partial charge in [0.15, 0.2) is 5.75 Å². The molecule has 1 aromatic heterocycles. The van der Waals surface area contributed by atoms with Crippen LogP contribution in [0, 0.1) is 0 Å². The van der Waals surface area contributed by atoms with Gasteiger partial charge in [-0.05, 0) is 6.42 Å². The summed E-state index contributed by atoms with van der Waals surface area (Å²) in [7, 11) is 4.92. The molecule has 0 spiro atoms. The van der Waals surface area contributed by atoms with Crippen molar-refractivity contribution in [1.29, 1.82) is 0 Å². The van der Waals surface area contributed by atoms with Gasteiger partial charge in [-0.3, -0.25) is 4.79 Å². The Hall–Kier alpha value is -1.47. The third-order valence-corrected chi connectivity index (χ3v) is 4.37. The number of aliphatic hydroxyl groups excluding tert-OH is 1. The van der Waals surface area contributed by atoms with Crippen LogP contribution in [-0.2, 0) is 0 Å². The molecule has 7 heteroatoms. The first-order valence-corrected chi connectivity index (χ1v) is 6.88. The van der Waals surface area contributed by atoms with Crippen molar-refractivity contribution in [3.63, 3.8) is 0 Å². The van der Waals surface area contributed by atoms with Crippen LogP contribution in [0.25, 0.3) is 0 Å². The maximum Gasteiger partial charge on any atom is 0.265 e. The quantitative estimate of drug-likeness (QED) is 0.851. The van der Waals surface area contributed by atoms with E-state index in [1.807, 2.05) is 4.90 Å². The van der Waals surface area contributed by atoms with Crippen LogP contribution >= 0.6 is 11.3 Å². The first-order chi connectivity index (χ1) is 8.95. The Balaban J connectivity index is 2.39. The molecule has 19 heavy (non-hydrogen) atoms. The molecule has 1 aliphatic rings. The topological polar surface area (TPSA) is 79.0 Å². The van der Waals surface area contributed by atoms with Gasteiger partial charge < -0.3 is 25.4 Å². The molecule has 2 heterocycles. The first-order valence-electron chi connectivity index (χ1n) is 6.06. The summed E-state index contributed by atoms with van der Waals surface area (Å²) >= 11 is 1.32. The number of thiophene rings is 1. The van der Waals surface area contributed by atoms with E-state index in [9.17, 15) is 9.90 Å². The van der Waals surface area contributed by atoms with E-state index in [1.54, 1.807) is 21.2 Å². The molecular weight excluding hydrogens is 266 g/mol. The van der Waals surface area contributed by atoms with E-state index in [-0.39, 0.29) is 12.0 Å². The average Bonchev–Trinajstić information content (AvgIpc) is 2.92. The third-order valence-electron chi connectivity index (χ3n) is 3.14. The number of carbonyl (C=O) groups is 1. The van der Waals surface area contributed by atoms with Crippen LogP contribution in [0.5, 0.6) is 5.75 Å². The molecule has 2 rings (SSSR count). The Kier molecular flexibility index (Phi) is 3.86. The monoisotopic (exact) mass is 285 g/mol. The number of nitrogens with zero attached hydrogens (tertiary/aromatic N) is 2. The fraction of sp³-hybridized carbons (Fsp3) is 0.583. The Labute approximate surface area is 116 Å². The van der Waals surface area contributed by atoms with Crippen molar-refractivity contribution in [3.8, 4) is 5.75 Å². The van der Waals surface area contributed by atoms with Crippen LogP contribution < -0.4 is 15.4 Å². The standard InChI is InChI=1S/C12H19N3O3S/c1-14(2)11(17)10-8(13)9(18-3)12(19-10)15-5-4-7(16)6-15/h7,16H,4-6,13H2,1-3H3. The molecule has 0 aromatic carbocycles. The van der Waals surface area contributed by atoms with Crippen molar-refractivity contribution < 1.29 is 14.6 Å². The Morgan fingerprint density at radius 2 is 2.26 bits per heavy atom. The lowest BCUT2D eigenvalue weighted by molar-refractivity contribution is 0.0833. The maximum absolute atomic E-state index is 12.1. The van der Waals surface area contributed by atoms with Gasteiger partial charge in [0.25, 0.3) is 5.91 Å². The summed E-state index contributed by atoms with van der Waals surface area (Å²) in [6.07, 6.45) is 0.388. The smallest absolute Gasteiger partial charge is 0.265 e. The number of hydrogen-bond donors (Lipinski definition) is 2. The van der Waals surface area contributed by atoms with E-state index >= 15 is 0 Å². The second kappa shape index (κ2) is 5.26. The zero-order valence-corrected chi connectivity index (χ0v) is 12.2. The van der Waals surface area contributed by atoms with Crippen LogP contribution in [0.4, 0.5) is 10.7 Å². The summed E-state index contributed by atoms with van der Waals surface area (Å²) in [5.41, 5.74) is 6.38. The lowest BCUT2D eigenvalue weighted by Crippen LogP contribution is -2.21. The molecule has 1 saturated heterocycles. The van der Waals surface area contributed by atoms with Crippen LogP contribution in [0.1, 0.15) is 16.1 Å². The fourth-order valence-electron chi connectivity index (χ4n) is 2.11. The summed E-state index contributed by atoms with van der Waals surface area (Å²) < 4.78 is 5.33. The minimum Gasteiger partial charge on any atom is -0.492 e.